The molecule has 4 rings (SSSR count). The minimum Gasteiger partial charge on any atom is -0.495 e. The Labute approximate surface area is 216 Å². The maximum Gasteiger partial charge on any atom is 0.194 e. The van der Waals surface area contributed by atoms with Crippen LogP contribution in [0.4, 0.5) is 24.5 Å². The Morgan fingerprint density at radius 1 is 1.05 bits per heavy atom. The zero-order valence-corrected chi connectivity index (χ0v) is 21.7. The van der Waals surface area contributed by atoms with E-state index in [0.717, 1.165) is 72.2 Å². The predicted molar refractivity (Wildman–Crippen MR) is 146 cm³/mol. The summed E-state index contributed by atoms with van der Waals surface area (Å²) in [4.78, 5) is 11.0. The molecule has 9 heteroatoms. The van der Waals surface area contributed by atoms with Crippen LogP contribution in [-0.2, 0) is 0 Å². The molecule has 0 fully saturated rings. The highest BCUT2D eigenvalue weighted by molar-refractivity contribution is 6.02. The van der Waals surface area contributed by atoms with Gasteiger partial charge in [-0.2, -0.15) is 0 Å². The van der Waals surface area contributed by atoms with E-state index in [0.29, 0.717) is 13.1 Å². The number of halogens is 3. The number of rotatable bonds is 7. The molecule has 198 valence electrons. The van der Waals surface area contributed by atoms with Gasteiger partial charge in [0, 0.05) is 49.7 Å². The largest absolute Gasteiger partial charge is 0.495 e. The lowest BCUT2D eigenvalue weighted by Crippen LogP contribution is -2.32. The summed E-state index contributed by atoms with van der Waals surface area (Å²) in [5.41, 5.74) is 4.18. The fourth-order valence-corrected chi connectivity index (χ4v) is 3.91. The van der Waals surface area contributed by atoms with Gasteiger partial charge in [0.2, 0.25) is 0 Å². The number of amidine groups is 1. The molecule has 0 unspecified atom stereocenters. The summed E-state index contributed by atoms with van der Waals surface area (Å²) < 4.78 is 45.5. The summed E-state index contributed by atoms with van der Waals surface area (Å²) in [5, 5.41) is 6.19. The van der Waals surface area contributed by atoms with E-state index in [1.807, 2.05) is 50.2 Å². The van der Waals surface area contributed by atoms with E-state index in [9.17, 15) is 13.2 Å². The lowest BCUT2D eigenvalue weighted by atomic mass is 10.0. The first-order valence-corrected chi connectivity index (χ1v) is 12.5. The van der Waals surface area contributed by atoms with Crippen LogP contribution >= 0.6 is 0 Å². The summed E-state index contributed by atoms with van der Waals surface area (Å²) in [5.74, 6) is -2.36. The average molecular weight is 514 g/mol. The molecule has 2 heterocycles. The van der Waals surface area contributed by atoms with Gasteiger partial charge in [0.25, 0.3) is 0 Å². The fourth-order valence-electron chi connectivity index (χ4n) is 3.91. The number of methoxy groups -OCH3 is 1. The first kappa shape index (κ1) is 27.8. The van der Waals surface area contributed by atoms with Gasteiger partial charge in [0.05, 0.1) is 19.1 Å². The molecule has 2 aliphatic heterocycles. The lowest BCUT2D eigenvalue weighted by Gasteiger charge is -2.23. The fraction of sp³-hybridized carbons (Fsp3) is 0.357. The van der Waals surface area contributed by atoms with Crippen LogP contribution < -0.4 is 20.3 Å². The van der Waals surface area contributed by atoms with Crippen molar-refractivity contribution < 1.29 is 17.9 Å². The lowest BCUT2D eigenvalue weighted by molar-refractivity contribution is 0.415. The van der Waals surface area contributed by atoms with E-state index in [4.69, 9.17) is 4.74 Å². The van der Waals surface area contributed by atoms with Crippen LogP contribution in [0.2, 0.25) is 0 Å². The molecule has 6 nitrogen and oxygen atoms in total. The van der Waals surface area contributed by atoms with E-state index in [-0.39, 0.29) is 5.69 Å². The van der Waals surface area contributed by atoms with Gasteiger partial charge in [-0.05, 0) is 55.2 Å². The van der Waals surface area contributed by atoms with Gasteiger partial charge in [-0.25, -0.2) is 18.2 Å². The number of nitrogens with zero attached hydrogens (tertiary/aromatic N) is 3. The van der Waals surface area contributed by atoms with Gasteiger partial charge in [-0.15, -0.1) is 0 Å². The molecule has 0 amide bonds. The van der Waals surface area contributed by atoms with Crippen LogP contribution in [0, 0.1) is 17.5 Å². The van der Waals surface area contributed by atoms with Crippen LogP contribution in [0.1, 0.15) is 39.2 Å². The van der Waals surface area contributed by atoms with Gasteiger partial charge >= 0.3 is 0 Å². The molecule has 2 aliphatic rings. The molecule has 0 spiro atoms. The average Bonchev–Trinajstić information content (AvgIpc) is 2.92. The van der Waals surface area contributed by atoms with Crippen LogP contribution in [-0.4, -0.2) is 45.5 Å². The minimum atomic E-state index is -1.47. The predicted octanol–water partition coefficient (Wildman–Crippen LogP) is 6.17. The van der Waals surface area contributed by atoms with Gasteiger partial charge in [-0.1, -0.05) is 19.9 Å². The maximum atomic E-state index is 13.4. The molecule has 0 saturated heterocycles. The van der Waals surface area contributed by atoms with Gasteiger partial charge in [0.15, 0.2) is 17.5 Å². The molecule has 2 N–H and O–H groups in total. The Kier molecular flexibility index (Phi) is 10.2. The Hall–Kier alpha value is -3.75. The first-order valence-electron chi connectivity index (χ1n) is 12.5. The van der Waals surface area contributed by atoms with Crippen molar-refractivity contribution in [2.45, 2.75) is 33.6 Å². The Bertz CT molecular complexity index is 1180. The van der Waals surface area contributed by atoms with Gasteiger partial charge in [-0.3, -0.25) is 4.99 Å². The highest BCUT2D eigenvalue weighted by atomic mass is 19.2. The van der Waals surface area contributed by atoms with Crippen molar-refractivity contribution >= 4 is 29.6 Å². The molecule has 0 aliphatic carbocycles. The zero-order chi connectivity index (χ0) is 26.8. The summed E-state index contributed by atoms with van der Waals surface area (Å²) in [6, 6.07) is 7.92. The second kappa shape index (κ2) is 13.5. The second-order valence-electron chi connectivity index (χ2n) is 8.28. The molecular weight excluding hydrogens is 479 g/mol. The molecule has 2 aromatic rings. The van der Waals surface area contributed by atoms with Crippen LogP contribution in [0.15, 0.2) is 57.7 Å². The number of anilines is 2. The number of allylic oxidation sites excluding steroid dienone is 1. The maximum absolute atomic E-state index is 13.4. The molecule has 0 radical (unpaired) electrons. The molecule has 0 aromatic heterocycles. The summed E-state index contributed by atoms with van der Waals surface area (Å²) in [7, 11) is 1.65. The van der Waals surface area contributed by atoms with Crippen LogP contribution in [0.25, 0.3) is 6.08 Å². The second-order valence-corrected chi connectivity index (χ2v) is 8.28. The number of hydrogen-bond donors (Lipinski definition) is 2. The van der Waals surface area contributed by atoms with Crippen molar-refractivity contribution in [2.24, 2.45) is 9.98 Å². The molecular formula is C28H34F3N5O. The van der Waals surface area contributed by atoms with E-state index in [1.165, 1.54) is 0 Å². The van der Waals surface area contributed by atoms with Crippen molar-refractivity contribution in [2.75, 3.05) is 43.5 Å². The summed E-state index contributed by atoms with van der Waals surface area (Å²) >= 11 is 0. The summed E-state index contributed by atoms with van der Waals surface area (Å²) in [6.45, 7) is 8.28. The molecule has 0 saturated carbocycles. The Morgan fingerprint density at radius 2 is 1.78 bits per heavy atom. The third-order valence-corrected chi connectivity index (χ3v) is 5.75. The SMILES string of the molecule is CC.COc1cc(/C=C2\CCCN=C2NCCNc2cc(F)c(F)c(F)c2)ccc1N1C=NC(C)=CC1. The van der Waals surface area contributed by atoms with Crippen LogP contribution in [0.5, 0.6) is 5.75 Å². The smallest absolute Gasteiger partial charge is 0.194 e. The molecule has 0 atom stereocenters. The molecule has 37 heavy (non-hydrogen) atoms. The molecule has 0 bridgehead atoms. The number of benzene rings is 2. The van der Waals surface area contributed by atoms with E-state index < -0.39 is 17.5 Å². The van der Waals surface area contributed by atoms with Gasteiger partial charge < -0.3 is 20.3 Å². The number of hydrogen-bond acceptors (Lipinski definition) is 6. The number of ether oxygens (including phenoxy) is 1. The normalized spacial score (nSPS) is 16.0. The monoisotopic (exact) mass is 513 g/mol. The Morgan fingerprint density at radius 3 is 2.46 bits per heavy atom. The highest BCUT2D eigenvalue weighted by Gasteiger charge is 2.15. The van der Waals surface area contributed by atoms with E-state index in [2.05, 4.69) is 32.8 Å². The number of nitrogens with one attached hydrogen (secondary N) is 2. The quantitative estimate of drug-likeness (QED) is 0.344. The van der Waals surface area contributed by atoms with Crippen molar-refractivity contribution in [1.29, 1.82) is 0 Å². The third-order valence-electron chi connectivity index (χ3n) is 5.75. The van der Waals surface area contributed by atoms with Crippen molar-refractivity contribution in [3.63, 3.8) is 0 Å². The topological polar surface area (TPSA) is 61.2 Å². The zero-order valence-electron chi connectivity index (χ0n) is 21.7. The van der Waals surface area contributed by atoms with E-state index in [1.54, 1.807) is 7.11 Å². The standard InChI is InChI=1S/C26H28F3N5O.C2H6/c1-17-7-11-34(16-33-17)23-6-5-18(13-24(23)35-2)12-19-4-3-8-31-26(19)32-10-9-30-20-14-21(27)25(29)22(28)15-20;1-2/h5-7,12-16,30H,3-4,8-11H2,1-2H3,(H,31,32);1-2H3/b19-12+;. The molecule has 2 aromatic carbocycles. The minimum absolute atomic E-state index is 0.182. The summed E-state index contributed by atoms with van der Waals surface area (Å²) in [6.07, 6.45) is 7.78. The highest BCUT2D eigenvalue weighted by Crippen LogP contribution is 2.31. The van der Waals surface area contributed by atoms with Crippen molar-refractivity contribution in [1.82, 2.24) is 5.32 Å². The third kappa shape index (κ3) is 7.38. The van der Waals surface area contributed by atoms with E-state index >= 15 is 0 Å². The van der Waals surface area contributed by atoms with Crippen molar-refractivity contribution in [3.05, 3.63) is 70.7 Å². The van der Waals surface area contributed by atoms with Crippen LogP contribution in [0.3, 0.4) is 0 Å². The first-order chi connectivity index (χ1) is 17.9. The Balaban J connectivity index is 0.00000186. The number of aliphatic imine (C=N–C) groups is 2. The van der Waals surface area contributed by atoms with Gasteiger partial charge in [0.1, 0.15) is 11.6 Å². The van der Waals surface area contributed by atoms with Crippen molar-refractivity contribution in [3.8, 4) is 5.75 Å².